The summed E-state index contributed by atoms with van der Waals surface area (Å²) in [5.41, 5.74) is 0.377. The number of hydrogen-bond donors (Lipinski definition) is 0. The van der Waals surface area contributed by atoms with Crippen LogP contribution in [0.15, 0.2) is 16.6 Å². The second-order valence-electron chi connectivity index (χ2n) is 4.63. The van der Waals surface area contributed by atoms with Crippen molar-refractivity contribution < 1.29 is 22.7 Å². The number of Topliss-reactive ketones (excluding diaryl/α,β-unsaturated/α-hetero) is 1. The smallest absolute Gasteiger partial charge is 0.170 e. The van der Waals surface area contributed by atoms with Gasteiger partial charge >= 0.3 is 0 Å². The largest absolute Gasteiger partial charge is 0.495 e. The normalized spacial score (nSPS) is 20.6. The number of rotatable bonds is 4. The third-order valence-corrected chi connectivity index (χ3v) is 5.87. The van der Waals surface area contributed by atoms with Gasteiger partial charge in [-0.3, -0.25) is 4.79 Å². The number of carbonyl (C=O) groups is 1. The molecule has 0 aromatic heterocycles. The van der Waals surface area contributed by atoms with Crippen LogP contribution in [0.5, 0.6) is 11.5 Å². The molecule has 20 heavy (non-hydrogen) atoms. The Balaban J connectivity index is 2.38. The number of ketones is 1. The second-order valence-corrected chi connectivity index (χ2v) is 7.65. The van der Waals surface area contributed by atoms with E-state index in [0.717, 1.165) is 0 Å². The number of ether oxygens (including phenoxy) is 2. The molecule has 1 saturated heterocycles. The maximum atomic E-state index is 12.5. The van der Waals surface area contributed by atoms with E-state index in [1.54, 1.807) is 12.1 Å². The second kappa shape index (κ2) is 5.73. The molecule has 1 aromatic carbocycles. The van der Waals surface area contributed by atoms with Gasteiger partial charge < -0.3 is 9.47 Å². The van der Waals surface area contributed by atoms with Crippen LogP contribution >= 0.6 is 15.9 Å². The number of sulfone groups is 1. The molecule has 0 amide bonds. The van der Waals surface area contributed by atoms with E-state index in [-0.39, 0.29) is 17.3 Å². The van der Waals surface area contributed by atoms with Crippen molar-refractivity contribution in [2.24, 2.45) is 5.92 Å². The molecule has 1 fully saturated rings. The van der Waals surface area contributed by atoms with E-state index in [0.29, 0.717) is 28.0 Å². The van der Waals surface area contributed by atoms with Gasteiger partial charge in [0, 0.05) is 5.92 Å². The summed E-state index contributed by atoms with van der Waals surface area (Å²) >= 11 is 3.33. The Morgan fingerprint density at radius 2 is 2.00 bits per heavy atom. The number of hydrogen-bond acceptors (Lipinski definition) is 5. The van der Waals surface area contributed by atoms with Crippen LogP contribution in [0.4, 0.5) is 0 Å². The zero-order valence-corrected chi connectivity index (χ0v) is 13.6. The van der Waals surface area contributed by atoms with E-state index in [1.807, 2.05) is 0 Å². The first-order valence-corrected chi connectivity index (χ1v) is 8.66. The Morgan fingerprint density at radius 3 is 2.50 bits per heavy atom. The molecule has 1 aromatic rings. The molecule has 0 aliphatic carbocycles. The predicted octanol–water partition coefficient (Wildman–Crippen LogP) is 2.08. The average Bonchev–Trinajstić information content (AvgIpc) is 2.78. The van der Waals surface area contributed by atoms with E-state index in [2.05, 4.69) is 15.9 Å². The van der Waals surface area contributed by atoms with Crippen molar-refractivity contribution in [2.45, 2.75) is 6.42 Å². The molecule has 0 bridgehead atoms. The standard InChI is InChI=1S/C13H15BrO5S/c1-18-10-4-3-9(13(19-2)11(10)14)12(15)8-5-6-20(16,17)7-8/h3-4,8H,5-7H2,1-2H3. The number of halogens is 1. The molecule has 5 nitrogen and oxygen atoms in total. The van der Waals surface area contributed by atoms with Crippen LogP contribution in [0.25, 0.3) is 0 Å². The molecule has 1 heterocycles. The monoisotopic (exact) mass is 362 g/mol. The van der Waals surface area contributed by atoms with Gasteiger partial charge in [0.15, 0.2) is 15.6 Å². The summed E-state index contributed by atoms with van der Waals surface area (Å²) in [6.45, 7) is 0. The highest BCUT2D eigenvalue weighted by molar-refractivity contribution is 9.10. The lowest BCUT2D eigenvalue weighted by Crippen LogP contribution is -2.17. The molecule has 7 heteroatoms. The van der Waals surface area contributed by atoms with Crippen LogP contribution in [0.3, 0.4) is 0 Å². The summed E-state index contributed by atoms with van der Waals surface area (Å²) in [5.74, 6) is 0.221. The van der Waals surface area contributed by atoms with Crippen molar-refractivity contribution in [3.8, 4) is 11.5 Å². The topological polar surface area (TPSA) is 69.7 Å². The first kappa shape index (κ1) is 15.3. The number of methoxy groups -OCH3 is 2. The lowest BCUT2D eigenvalue weighted by molar-refractivity contribution is 0.0930. The van der Waals surface area contributed by atoms with Gasteiger partial charge in [-0.05, 0) is 34.5 Å². The van der Waals surface area contributed by atoms with Gasteiger partial charge in [-0.2, -0.15) is 0 Å². The molecule has 0 spiro atoms. The van der Waals surface area contributed by atoms with Crippen molar-refractivity contribution in [1.82, 2.24) is 0 Å². The predicted molar refractivity (Wildman–Crippen MR) is 78.3 cm³/mol. The van der Waals surface area contributed by atoms with Gasteiger partial charge in [-0.1, -0.05) is 0 Å². The van der Waals surface area contributed by atoms with Crippen LogP contribution in [0, 0.1) is 5.92 Å². The molecule has 1 aliphatic heterocycles. The van der Waals surface area contributed by atoms with E-state index >= 15 is 0 Å². The van der Waals surface area contributed by atoms with Crippen molar-refractivity contribution in [3.63, 3.8) is 0 Å². The zero-order chi connectivity index (χ0) is 14.9. The lowest BCUT2D eigenvalue weighted by Gasteiger charge is -2.14. The first-order chi connectivity index (χ1) is 9.39. The molecule has 0 radical (unpaired) electrons. The maximum absolute atomic E-state index is 12.5. The lowest BCUT2D eigenvalue weighted by atomic mass is 9.96. The molecule has 110 valence electrons. The Morgan fingerprint density at radius 1 is 1.30 bits per heavy atom. The molecule has 1 unspecified atom stereocenters. The Labute approximate surface area is 126 Å². The van der Waals surface area contributed by atoms with Crippen LogP contribution < -0.4 is 9.47 Å². The van der Waals surface area contributed by atoms with E-state index < -0.39 is 15.8 Å². The Kier molecular flexibility index (Phi) is 4.39. The van der Waals surface area contributed by atoms with Crippen LogP contribution in [0.1, 0.15) is 16.8 Å². The van der Waals surface area contributed by atoms with E-state index in [9.17, 15) is 13.2 Å². The summed E-state index contributed by atoms with van der Waals surface area (Å²) in [6, 6.07) is 3.26. The van der Waals surface area contributed by atoms with Crippen LogP contribution in [-0.2, 0) is 9.84 Å². The molecular weight excluding hydrogens is 348 g/mol. The summed E-state index contributed by atoms with van der Waals surface area (Å²) in [6.07, 6.45) is 0.369. The highest BCUT2D eigenvalue weighted by Gasteiger charge is 2.35. The molecule has 2 rings (SSSR count). The van der Waals surface area contributed by atoms with E-state index in [4.69, 9.17) is 9.47 Å². The van der Waals surface area contributed by atoms with Gasteiger partial charge in [0.25, 0.3) is 0 Å². The first-order valence-electron chi connectivity index (χ1n) is 6.04. The van der Waals surface area contributed by atoms with Crippen molar-refractivity contribution in [1.29, 1.82) is 0 Å². The summed E-state index contributed by atoms with van der Waals surface area (Å²) in [4.78, 5) is 12.5. The summed E-state index contributed by atoms with van der Waals surface area (Å²) in [7, 11) is -0.111. The molecule has 1 aliphatic rings. The third-order valence-electron chi connectivity index (χ3n) is 3.35. The minimum Gasteiger partial charge on any atom is -0.495 e. The van der Waals surface area contributed by atoms with Gasteiger partial charge in [0.05, 0.1) is 31.3 Å². The summed E-state index contributed by atoms with van der Waals surface area (Å²) < 4.78 is 33.9. The average molecular weight is 363 g/mol. The molecule has 0 N–H and O–H groups in total. The van der Waals surface area contributed by atoms with Crippen LogP contribution in [-0.4, -0.2) is 39.9 Å². The SMILES string of the molecule is COc1ccc(C(=O)C2CCS(=O)(=O)C2)c(OC)c1Br. The maximum Gasteiger partial charge on any atom is 0.170 e. The minimum absolute atomic E-state index is 0.0725. The van der Waals surface area contributed by atoms with Crippen LogP contribution in [0.2, 0.25) is 0 Å². The molecule has 1 atom stereocenters. The fourth-order valence-electron chi connectivity index (χ4n) is 2.31. The van der Waals surface area contributed by atoms with Crippen molar-refractivity contribution >= 4 is 31.6 Å². The summed E-state index contributed by atoms with van der Waals surface area (Å²) in [5, 5.41) is 0. The Bertz CT molecular complexity index is 638. The molecular formula is C13H15BrO5S. The molecule has 0 saturated carbocycles. The van der Waals surface area contributed by atoms with Gasteiger partial charge in [-0.15, -0.1) is 0 Å². The fourth-order valence-corrected chi connectivity index (χ4v) is 4.72. The number of carbonyl (C=O) groups excluding carboxylic acids is 1. The van der Waals surface area contributed by atoms with Gasteiger partial charge in [0.1, 0.15) is 16.0 Å². The van der Waals surface area contributed by atoms with Crippen molar-refractivity contribution in [3.05, 3.63) is 22.2 Å². The fraction of sp³-hybridized carbons (Fsp3) is 0.462. The van der Waals surface area contributed by atoms with Gasteiger partial charge in [-0.25, -0.2) is 8.42 Å². The zero-order valence-electron chi connectivity index (χ0n) is 11.2. The quantitative estimate of drug-likeness (QED) is 0.767. The Hall–Kier alpha value is -1.08. The van der Waals surface area contributed by atoms with Gasteiger partial charge in [0.2, 0.25) is 0 Å². The van der Waals surface area contributed by atoms with E-state index in [1.165, 1.54) is 14.2 Å². The minimum atomic E-state index is -3.09. The highest BCUT2D eigenvalue weighted by atomic mass is 79.9. The number of benzene rings is 1. The third kappa shape index (κ3) is 2.83. The highest BCUT2D eigenvalue weighted by Crippen LogP contribution is 2.38. The van der Waals surface area contributed by atoms with Crippen molar-refractivity contribution in [2.75, 3.05) is 25.7 Å².